The fraction of sp³-hybridized carbons (Fsp3) is 0.0500. The lowest BCUT2D eigenvalue weighted by molar-refractivity contribution is 0.750. The number of aromatic nitrogens is 2. The second-order valence-electron chi connectivity index (χ2n) is 5.82. The number of benzene rings is 2. The highest BCUT2D eigenvalue weighted by Gasteiger charge is 2.11. The van der Waals surface area contributed by atoms with Gasteiger partial charge in [0.25, 0.3) is 5.56 Å². The minimum absolute atomic E-state index is 0.0652. The van der Waals surface area contributed by atoms with E-state index in [1.54, 1.807) is 23.0 Å². The molecular weight excluding hydrogens is 366 g/mol. The molecule has 0 aliphatic carbocycles. The van der Waals surface area contributed by atoms with Crippen molar-refractivity contribution in [2.75, 3.05) is 0 Å². The van der Waals surface area contributed by atoms with E-state index >= 15 is 0 Å². The summed E-state index contributed by atoms with van der Waals surface area (Å²) in [5.74, 6) is 0. The van der Waals surface area contributed by atoms with Crippen LogP contribution in [-0.4, -0.2) is 9.55 Å². The number of hydrogen-bond acceptors (Lipinski definition) is 4. The topological polar surface area (TPSA) is 58.7 Å². The Morgan fingerprint density at radius 2 is 1.85 bits per heavy atom. The van der Waals surface area contributed by atoms with Crippen LogP contribution in [-0.2, 0) is 6.54 Å². The number of halogens is 1. The Labute approximate surface area is 158 Å². The summed E-state index contributed by atoms with van der Waals surface area (Å²) in [5, 5.41) is 9.55. The summed E-state index contributed by atoms with van der Waals surface area (Å²) in [5.41, 5.74) is 3.18. The van der Waals surface area contributed by atoms with Crippen molar-refractivity contribution in [1.29, 1.82) is 5.26 Å². The third-order valence-corrected chi connectivity index (χ3v) is 5.48. The van der Waals surface area contributed by atoms with Crippen LogP contribution in [0.15, 0.2) is 65.7 Å². The Kier molecular flexibility index (Phi) is 4.29. The molecule has 0 radical (unpaired) electrons. The van der Waals surface area contributed by atoms with Crippen LogP contribution in [0.2, 0.25) is 5.02 Å². The summed E-state index contributed by atoms with van der Waals surface area (Å²) < 4.78 is 2.22. The van der Waals surface area contributed by atoms with Gasteiger partial charge in [-0.05, 0) is 41.5 Å². The van der Waals surface area contributed by atoms with Crippen LogP contribution in [0.1, 0.15) is 11.1 Å². The van der Waals surface area contributed by atoms with Gasteiger partial charge in [0, 0.05) is 9.90 Å². The molecule has 2 heterocycles. The van der Waals surface area contributed by atoms with Crippen LogP contribution in [0.3, 0.4) is 0 Å². The summed E-state index contributed by atoms with van der Waals surface area (Å²) in [4.78, 5) is 18.2. The number of nitrogens with zero attached hydrogens (tertiary/aromatic N) is 3. The van der Waals surface area contributed by atoms with Crippen LogP contribution in [0.5, 0.6) is 0 Å². The van der Waals surface area contributed by atoms with Gasteiger partial charge in [-0.3, -0.25) is 9.36 Å². The minimum atomic E-state index is -0.0652. The SMILES string of the molecule is N#Cc1ccc(Cn2cnc3cc(-c4ccc(Cl)cc4)sc3c2=O)cc1. The Morgan fingerprint density at radius 3 is 2.54 bits per heavy atom. The van der Waals surface area contributed by atoms with E-state index < -0.39 is 0 Å². The van der Waals surface area contributed by atoms with Crippen molar-refractivity contribution in [3.8, 4) is 16.5 Å². The molecule has 0 unspecified atom stereocenters. The first-order chi connectivity index (χ1) is 12.6. The van der Waals surface area contributed by atoms with E-state index in [9.17, 15) is 4.79 Å². The second-order valence-corrected chi connectivity index (χ2v) is 7.31. The molecule has 0 fully saturated rings. The van der Waals surface area contributed by atoms with Crippen molar-refractivity contribution in [3.63, 3.8) is 0 Å². The maximum absolute atomic E-state index is 12.8. The fourth-order valence-corrected chi connectivity index (χ4v) is 3.89. The summed E-state index contributed by atoms with van der Waals surface area (Å²) in [6, 6.07) is 18.7. The number of hydrogen-bond donors (Lipinski definition) is 0. The molecule has 126 valence electrons. The molecule has 0 saturated heterocycles. The van der Waals surface area contributed by atoms with E-state index in [0.717, 1.165) is 16.0 Å². The lowest BCUT2D eigenvalue weighted by atomic mass is 10.1. The minimum Gasteiger partial charge on any atom is -0.294 e. The predicted molar refractivity (Wildman–Crippen MR) is 105 cm³/mol. The third-order valence-electron chi connectivity index (χ3n) is 4.07. The van der Waals surface area contributed by atoms with Crippen LogP contribution in [0, 0.1) is 11.3 Å². The van der Waals surface area contributed by atoms with Crippen LogP contribution in [0.4, 0.5) is 0 Å². The summed E-state index contributed by atoms with van der Waals surface area (Å²) in [6.07, 6.45) is 1.57. The predicted octanol–water partition coefficient (Wildman–Crippen LogP) is 4.70. The zero-order valence-electron chi connectivity index (χ0n) is 13.5. The lowest BCUT2D eigenvalue weighted by Gasteiger charge is -2.05. The average molecular weight is 378 g/mol. The summed E-state index contributed by atoms with van der Waals surface area (Å²) in [7, 11) is 0. The molecule has 0 atom stereocenters. The van der Waals surface area contributed by atoms with Gasteiger partial charge in [0.05, 0.1) is 30.0 Å². The number of rotatable bonds is 3. The molecule has 4 nitrogen and oxygen atoms in total. The highest BCUT2D eigenvalue weighted by Crippen LogP contribution is 2.31. The van der Waals surface area contributed by atoms with Crippen LogP contribution < -0.4 is 5.56 Å². The molecular formula is C20H12ClN3OS. The van der Waals surface area contributed by atoms with Crippen molar-refractivity contribution in [3.05, 3.63) is 87.4 Å². The number of thiophene rings is 1. The van der Waals surface area contributed by atoms with E-state index in [2.05, 4.69) is 11.1 Å². The maximum Gasteiger partial charge on any atom is 0.271 e. The van der Waals surface area contributed by atoms with E-state index in [4.69, 9.17) is 16.9 Å². The monoisotopic (exact) mass is 377 g/mol. The second kappa shape index (κ2) is 6.75. The first-order valence-electron chi connectivity index (χ1n) is 7.88. The molecule has 0 spiro atoms. The van der Waals surface area contributed by atoms with Crippen LogP contribution >= 0.6 is 22.9 Å². The molecule has 0 aliphatic heterocycles. The zero-order valence-corrected chi connectivity index (χ0v) is 15.1. The first kappa shape index (κ1) is 16.5. The van der Waals surface area contributed by atoms with E-state index in [0.29, 0.717) is 27.3 Å². The third kappa shape index (κ3) is 3.13. The quantitative estimate of drug-likeness (QED) is 0.520. The lowest BCUT2D eigenvalue weighted by Crippen LogP contribution is -2.20. The molecule has 26 heavy (non-hydrogen) atoms. The van der Waals surface area contributed by atoms with Crippen molar-refractivity contribution in [1.82, 2.24) is 9.55 Å². The van der Waals surface area contributed by atoms with E-state index in [1.165, 1.54) is 11.3 Å². The van der Waals surface area contributed by atoms with Gasteiger partial charge in [-0.15, -0.1) is 11.3 Å². The first-order valence-corrected chi connectivity index (χ1v) is 9.07. The van der Waals surface area contributed by atoms with Crippen LogP contribution in [0.25, 0.3) is 20.7 Å². The summed E-state index contributed by atoms with van der Waals surface area (Å²) >= 11 is 7.37. The molecule has 0 amide bonds. The van der Waals surface area contributed by atoms with Crippen molar-refractivity contribution < 1.29 is 0 Å². The van der Waals surface area contributed by atoms with Gasteiger partial charge in [0.15, 0.2) is 0 Å². The average Bonchev–Trinajstić information content (AvgIpc) is 3.10. The normalized spacial score (nSPS) is 10.8. The smallest absolute Gasteiger partial charge is 0.271 e. The zero-order chi connectivity index (χ0) is 18.1. The van der Waals surface area contributed by atoms with Crippen molar-refractivity contribution >= 4 is 33.2 Å². The Balaban J connectivity index is 1.71. The van der Waals surface area contributed by atoms with Crippen molar-refractivity contribution in [2.45, 2.75) is 6.54 Å². The molecule has 0 bridgehead atoms. The van der Waals surface area contributed by atoms with E-state index in [-0.39, 0.29) is 5.56 Å². The van der Waals surface area contributed by atoms with Gasteiger partial charge < -0.3 is 0 Å². The highest BCUT2D eigenvalue weighted by atomic mass is 35.5. The molecule has 0 aliphatic rings. The maximum atomic E-state index is 12.8. The van der Waals surface area contributed by atoms with Crippen molar-refractivity contribution in [2.24, 2.45) is 0 Å². The molecule has 2 aromatic heterocycles. The Hall–Kier alpha value is -2.94. The number of fused-ring (bicyclic) bond motifs is 1. The molecule has 6 heteroatoms. The molecule has 4 aromatic rings. The fourth-order valence-electron chi connectivity index (χ4n) is 2.70. The largest absolute Gasteiger partial charge is 0.294 e. The Morgan fingerprint density at radius 1 is 1.12 bits per heavy atom. The Bertz CT molecular complexity index is 1190. The summed E-state index contributed by atoms with van der Waals surface area (Å²) in [6.45, 7) is 0.418. The van der Waals surface area contributed by atoms with Gasteiger partial charge in [-0.2, -0.15) is 5.26 Å². The van der Waals surface area contributed by atoms with Gasteiger partial charge >= 0.3 is 0 Å². The molecule has 0 N–H and O–H groups in total. The van der Waals surface area contributed by atoms with Gasteiger partial charge in [-0.1, -0.05) is 35.9 Å². The molecule has 4 rings (SSSR count). The molecule has 2 aromatic carbocycles. The van der Waals surface area contributed by atoms with Gasteiger partial charge in [-0.25, -0.2) is 4.98 Å². The van der Waals surface area contributed by atoms with Gasteiger partial charge in [0.1, 0.15) is 4.70 Å². The molecule has 0 saturated carbocycles. The standard InChI is InChI=1S/C20H12ClN3OS/c21-16-7-5-15(6-8-16)18-9-17-19(26-18)20(25)24(12-23-17)11-14-3-1-13(10-22)2-4-14/h1-9,12H,11H2. The van der Waals surface area contributed by atoms with Gasteiger partial charge in [0.2, 0.25) is 0 Å². The van der Waals surface area contributed by atoms with E-state index in [1.807, 2.05) is 42.5 Å². The highest BCUT2D eigenvalue weighted by molar-refractivity contribution is 7.22. The number of nitriles is 1.